The van der Waals surface area contributed by atoms with Crippen LogP contribution in [0.15, 0.2) is 122 Å². The number of aliphatic hydroxyl groups is 2. The summed E-state index contributed by atoms with van der Waals surface area (Å²) in [6, 6.07) is 0. The highest BCUT2D eigenvalue weighted by molar-refractivity contribution is 7.47. The second-order valence-corrected chi connectivity index (χ2v) is 26.6. The number of carbonyl (C=O) groups excluding carboxylic acids is 3. The van der Waals surface area contributed by atoms with Crippen molar-refractivity contribution < 1.29 is 75.8 Å². The van der Waals surface area contributed by atoms with Crippen LogP contribution in [0.4, 0.5) is 0 Å². The van der Waals surface area contributed by atoms with E-state index in [1.807, 2.05) is 18.2 Å². The van der Waals surface area contributed by atoms with E-state index in [0.29, 0.717) is 25.7 Å². The first-order valence-electron chi connectivity index (χ1n) is 35.8. The summed E-state index contributed by atoms with van der Waals surface area (Å²) in [6.45, 7) is 2.42. The number of unbranched alkanes of at least 4 members (excludes halogenated alkanes) is 24. The second kappa shape index (κ2) is 67.9. The van der Waals surface area contributed by atoms with E-state index >= 15 is 0 Å². The number of esters is 3. The lowest BCUT2D eigenvalue weighted by atomic mass is 10.0. The Hall–Kier alpha value is -4.05. The molecule has 0 aromatic carbocycles. The zero-order chi connectivity index (χ0) is 68.1. The molecule has 93 heavy (non-hydrogen) atoms. The number of allylic oxidation sites excluding steroid dienone is 20. The first kappa shape index (κ1) is 89.0. The molecule has 0 aromatic rings. The molecule has 0 spiro atoms. The molecule has 0 aliphatic carbocycles. The van der Waals surface area contributed by atoms with Crippen molar-refractivity contribution in [3.63, 3.8) is 0 Å². The molecule has 0 saturated heterocycles. The van der Waals surface area contributed by atoms with E-state index in [1.54, 1.807) is 0 Å². The molecule has 0 bridgehead atoms. The molecule has 16 nitrogen and oxygen atoms in total. The third kappa shape index (κ3) is 69.1. The van der Waals surface area contributed by atoms with Gasteiger partial charge in [-0.1, -0.05) is 277 Å². The van der Waals surface area contributed by atoms with Gasteiger partial charge in [-0.05, 0) is 103 Å². The maximum Gasteiger partial charge on any atom is 0.472 e. The predicted octanol–water partition coefficient (Wildman–Crippen LogP) is 20.2. The zero-order valence-corrected chi connectivity index (χ0v) is 59.7. The number of hydrogen-bond acceptors (Lipinski definition) is 14. The number of carbonyl (C=O) groups is 3. The summed E-state index contributed by atoms with van der Waals surface area (Å²) in [5, 5.41) is 20.6. The summed E-state index contributed by atoms with van der Waals surface area (Å²) < 4.78 is 60.8. The van der Waals surface area contributed by atoms with Gasteiger partial charge in [0.2, 0.25) is 0 Å². The first-order chi connectivity index (χ1) is 45.2. The lowest BCUT2D eigenvalue weighted by Crippen LogP contribution is -2.30. The van der Waals surface area contributed by atoms with Crippen molar-refractivity contribution in [2.75, 3.05) is 39.6 Å². The second-order valence-electron chi connectivity index (χ2n) is 23.7. The van der Waals surface area contributed by atoms with Crippen LogP contribution in [-0.4, -0.2) is 95.9 Å². The predicted molar refractivity (Wildman–Crippen MR) is 380 cm³/mol. The summed E-state index contributed by atoms with van der Waals surface area (Å²) >= 11 is 0. The Labute approximate surface area is 563 Å². The van der Waals surface area contributed by atoms with Crippen LogP contribution in [0.2, 0.25) is 0 Å². The summed E-state index contributed by atoms with van der Waals surface area (Å²) in [7, 11) is -9.79. The van der Waals surface area contributed by atoms with Crippen molar-refractivity contribution in [1.29, 1.82) is 0 Å². The van der Waals surface area contributed by atoms with E-state index in [2.05, 4.69) is 124 Å². The molecule has 5 atom stereocenters. The number of ether oxygens (including phenoxy) is 3. The van der Waals surface area contributed by atoms with Crippen molar-refractivity contribution in [2.45, 2.75) is 296 Å². The SMILES string of the molecule is CC/C=C\C/C=C\C/C=C\C/C=C\C/C=C\C/C=C\CCC(=O)OCC(COP(=O)(O)OCC(O)COP(=O)(O)OCC(O)COC(=O)CCCCCCCCCCCCC/C=C\C/C=C\C/C=C\C/C=C\CCCCC)OC(=O)CCCCCCCCCCCCC. The van der Waals surface area contributed by atoms with E-state index in [1.165, 1.54) is 109 Å². The van der Waals surface area contributed by atoms with Gasteiger partial charge in [-0.3, -0.25) is 32.5 Å². The molecule has 5 unspecified atom stereocenters. The van der Waals surface area contributed by atoms with Crippen LogP contribution < -0.4 is 0 Å². The maximum atomic E-state index is 12.9. The molecule has 0 aliphatic rings. The van der Waals surface area contributed by atoms with Gasteiger partial charge >= 0.3 is 33.6 Å². The van der Waals surface area contributed by atoms with Crippen molar-refractivity contribution in [2.24, 2.45) is 0 Å². The fraction of sp³-hybridized carbons (Fsp3) is 0.693. The molecule has 534 valence electrons. The van der Waals surface area contributed by atoms with E-state index in [0.717, 1.165) is 103 Å². The minimum absolute atomic E-state index is 0.0445. The number of rotatable bonds is 67. The van der Waals surface area contributed by atoms with Gasteiger partial charge in [-0.25, -0.2) is 9.13 Å². The Morgan fingerprint density at radius 3 is 0.989 bits per heavy atom. The first-order valence-corrected chi connectivity index (χ1v) is 38.8. The van der Waals surface area contributed by atoms with Gasteiger partial charge in [0.15, 0.2) is 6.10 Å². The third-order valence-electron chi connectivity index (χ3n) is 14.7. The van der Waals surface area contributed by atoms with Gasteiger partial charge in [0.05, 0.1) is 26.4 Å². The minimum Gasteiger partial charge on any atom is -0.463 e. The molecule has 0 heterocycles. The smallest absolute Gasteiger partial charge is 0.463 e. The molecule has 0 radical (unpaired) electrons. The van der Waals surface area contributed by atoms with Crippen LogP contribution in [0.5, 0.6) is 0 Å². The fourth-order valence-electron chi connectivity index (χ4n) is 9.23. The number of phosphoric ester groups is 2. The molecular weight excluding hydrogens is 1220 g/mol. The molecule has 0 amide bonds. The number of hydrogen-bond donors (Lipinski definition) is 4. The normalized spacial score (nSPS) is 14.9. The number of aliphatic hydroxyl groups excluding tert-OH is 2. The molecule has 0 saturated carbocycles. The van der Waals surface area contributed by atoms with E-state index < -0.39 is 91.5 Å². The molecule has 18 heteroatoms. The van der Waals surface area contributed by atoms with E-state index in [9.17, 15) is 43.5 Å². The quantitative estimate of drug-likeness (QED) is 0.0146. The highest BCUT2D eigenvalue weighted by Gasteiger charge is 2.29. The molecule has 4 N–H and O–H groups in total. The average Bonchev–Trinajstić information content (AvgIpc) is 3.68. The van der Waals surface area contributed by atoms with Gasteiger partial charge in [0.1, 0.15) is 25.4 Å². The van der Waals surface area contributed by atoms with Crippen molar-refractivity contribution >= 4 is 33.6 Å². The standard InChI is InChI=1S/C75H128O16P2/c1-4-7-10-13-16-19-22-24-26-28-30-31-32-33-34-35-36-37-39-41-42-44-47-49-52-55-58-61-73(78)85-64-70(76)65-87-92(81,82)88-66-71(77)67-89-93(83,84)90-69-72(91-75(80)63-60-57-54-51-46-21-18-15-12-9-6-3)68-86-74(79)62-59-56-53-50-48-45-43-40-38-29-27-25-23-20-17-14-11-8-5-2/h8,11,16-17,19-20,24-27,30-31,33-34,38,40,45,48,53,56,70-72,76-77H,4-7,9-10,12-15,18,21-23,28-29,32,35-37,39,41-44,46-47,49-52,54-55,57-69H2,1-3H3,(H,81,82)(H,83,84)/b11-8-,19-16-,20-17-,26-24-,27-25-,31-30-,34-33-,40-38-,48-45-,56-53-. The largest absolute Gasteiger partial charge is 0.472 e. The van der Waals surface area contributed by atoms with Crippen LogP contribution in [-0.2, 0) is 55.8 Å². The zero-order valence-electron chi connectivity index (χ0n) is 57.9. The van der Waals surface area contributed by atoms with Crippen LogP contribution in [0.3, 0.4) is 0 Å². The van der Waals surface area contributed by atoms with Crippen LogP contribution in [0.1, 0.15) is 278 Å². The molecule has 0 aliphatic heterocycles. The molecule has 0 aromatic heterocycles. The topological polar surface area (TPSA) is 231 Å². The van der Waals surface area contributed by atoms with Gasteiger partial charge in [0, 0.05) is 19.3 Å². The van der Waals surface area contributed by atoms with Gasteiger partial charge in [-0.2, -0.15) is 0 Å². The molecule has 0 fully saturated rings. The van der Waals surface area contributed by atoms with Crippen molar-refractivity contribution in [3.8, 4) is 0 Å². The fourth-order valence-corrected chi connectivity index (χ4v) is 10.8. The minimum atomic E-state index is -4.94. The van der Waals surface area contributed by atoms with Crippen molar-refractivity contribution in [1.82, 2.24) is 0 Å². The monoisotopic (exact) mass is 1350 g/mol. The Bertz CT molecular complexity index is 2180. The van der Waals surface area contributed by atoms with Gasteiger partial charge in [0.25, 0.3) is 0 Å². The summed E-state index contributed by atoms with van der Waals surface area (Å²) in [5.74, 6) is -1.68. The van der Waals surface area contributed by atoms with Gasteiger partial charge in [-0.15, -0.1) is 0 Å². The Morgan fingerprint density at radius 2 is 0.591 bits per heavy atom. The highest BCUT2D eigenvalue weighted by atomic mass is 31.2. The highest BCUT2D eigenvalue weighted by Crippen LogP contribution is 2.45. The van der Waals surface area contributed by atoms with Crippen molar-refractivity contribution in [3.05, 3.63) is 122 Å². The summed E-state index contributed by atoms with van der Waals surface area (Å²) in [4.78, 5) is 58.3. The molecule has 0 rings (SSSR count). The third-order valence-corrected chi connectivity index (χ3v) is 16.6. The number of phosphoric acid groups is 2. The lowest BCUT2D eigenvalue weighted by molar-refractivity contribution is -0.161. The van der Waals surface area contributed by atoms with E-state index in [-0.39, 0.29) is 19.3 Å². The summed E-state index contributed by atoms with van der Waals surface area (Å²) in [6.07, 6.45) is 78.5. The summed E-state index contributed by atoms with van der Waals surface area (Å²) in [5.41, 5.74) is 0. The van der Waals surface area contributed by atoms with E-state index in [4.69, 9.17) is 32.3 Å². The van der Waals surface area contributed by atoms with Crippen LogP contribution in [0, 0.1) is 0 Å². The Balaban J connectivity index is 4.53. The lowest BCUT2D eigenvalue weighted by Gasteiger charge is -2.21. The Kier molecular flexibility index (Phi) is 65.0. The maximum absolute atomic E-state index is 12.9. The Morgan fingerprint density at radius 1 is 0.312 bits per heavy atom. The van der Waals surface area contributed by atoms with Crippen LogP contribution >= 0.6 is 15.6 Å². The molecular formula is C75H128O16P2. The van der Waals surface area contributed by atoms with Gasteiger partial charge < -0.3 is 34.2 Å². The average molecular weight is 1350 g/mol. The van der Waals surface area contributed by atoms with Crippen LogP contribution in [0.25, 0.3) is 0 Å².